The van der Waals surface area contributed by atoms with E-state index in [1.807, 2.05) is 31.2 Å². The van der Waals surface area contributed by atoms with Crippen LogP contribution in [0, 0.1) is 0 Å². The highest BCUT2D eigenvalue weighted by Crippen LogP contribution is 2.19. The number of para-hydroxylation sites is 1. The number of hydrogen-bond acceptors (Lipinski definition) is 3. The van der Waals surface area contributed by atoms with E-state index < -0.39 is 0 Å². The number of rotatable bonds is 4. The number of amides is 1. The number of likely N-dealkylation sites (tertiary alicyclic amines) is 1. The molecular formula is C15H21ClN2O2. The van der Waals surface area contributed by atoms with Crippen LogP contribution < -0.4 is 10.5 Å². The molecule has 0 aliphatic carbocycles. The number of hydrogen-bond donors (Lipinski definition) is 1. The average molecular weight is 297 g/mol. The summed E-state index contributed by atoms with van der Waals surface area (Å²) in [6.07, 6.45) is 4.28. The van der Waals surface area contributed by atoms with Crippen molar-refractivity contribution in [3.63, 3.8) is 0 Å². The van der Waals surface area contributed by atoms with Crippen LogP contribution in [0.5, 0.6) is 5.75 Å². The Morgan fingerprint density at radius 2 is 2.25 bits per heavy atom. The molecule has 1 aromatic carbocycles. The van der Waals surface area contributed by atoms with Crippen LogP contribution in [0.2, 0.25) is 0 Å². The number of benzene rings is 1. The Labute approximate surface area is 126 Å². The molecule has 5 heteroatoms. The third kappa shape index (κ3) is 4.25. The van der Waals surface area contributed by atoms with Crippen molar-refractivity contribution in [2.75, 3.05) is 19.7 Å². The van der Waals surface area contributed by atoms with Gasteiger partial charge < -0.3 is 15.4 Å². The molecule has 0 bridgehead atoms. The zero-order chi connectivity index (χ0) is 13.7. The third-order valence-electron chi connectivity index (χ3n) is 3.16. The van der Waals surface area contributed by atoms with E-state index in [9.17, 15) is 4.79 Å². The van der Waals surface area contributed by atoms with Gasteiger partial charge in [0, 0.05) is 30.8 Å². The number of nitrogens with two attached hydrogens (primary N) is 1. The monoisotopic (exact) mass is 296 g/mol. The molecule has 1 atom stereocenters. The molecule has 2 rings (SSSR count). The first-order valence-electron chi connectivity index (χ1n) is 6.65. The molecule has 1 aliphatic rings. The number of carbonyl (C=O) groups is 1. The summed E-state index contributed by atoms with van der Waals surface area (Å²) >= 11 is 0. The normalized spacial score (nSPS) is 18.1. The zero-order valence-corrected chi connectivity index (χ0v) is 12.4. The molecule has 4 nitrogen and oxygen atoms in total. The maximum atomic E-state index is 12.0. The van der Waals surface area contributed by atoms with Crippen LogP contribution >= 0.6 is 12.4 Å². The molecule has 1 amide bonds. The van der Waals surface area contributed by atoms with Crippen molar-refractivity contribution >= 4 is 24.4 Å². The van der Waals surface area contributed by atoms with Crippen molar-refractivity contribution in [3.05, 3.63) is 35.9 Å². The maximum Gasteiger partial charge on any atom is 0.246 e. The van der Waals surface area contributed by atoms with Crippen molar-refractivity contribution < 1.29 is 9.53 Å². The van der Waals surface area contributed by atoms with Gasteiger partial charge in [0.1, 0.15) is 5.75 Å². The van der Waals surface area contributed by atoms with E-state index in [1.165, 1.54) is 0 Å². The summed E-state index contributed by atoms with van der Waals surface area (Å²) in [5.41, 5.74) is 6.71. The van der Waals surface area contributed by atoms with Gasteiger partial charge in [-0.05, 0) is 25.5 Å². The molecule has 1 aliphatic heterocycles. The maximum absolute atomic E-state index is 12.0. The molecule has 2 N–H and O–H groups in total. The molecule has 1 fully saturated rings. The molecular weight excluding hydrogens is 276 g/mol. The van der Waals surface area contributed by atoms with Crippen LogP contribution in [-0.4, -0.2) is 36.5 Å². The lowest BCUT2D eigenvalue weighted by Gasteiger charge is -2.13. The molecule has 1 heterocycles. The first kappa shape index (κ1) is 16.5. The van der Waals surface area contributed by atoms with Gasteiger partial charge in [-0.2, -0.15) is 0 Å². The number of nitrogens with zero attached hydrogens (tertiary/aromatic N) is 1. The molecule has 0 radical (unpaired) electrons. The van der Waals surface area contributed by atoms with Crippen molar-refractivity contribution in [2.45, 2.75) is 19.4 Å². The standard InChI is InChI=1S/C15H20N2O2.ClH/c1-2-19-14-6-4-3-5-12(14)7-8-15(18)17-10-9-13(16)11-17;/h3-8,13H,2,9-11,16H2,1H3;1H/b8-7+;/t13-;/m0./s1. The van der Waals surface area contributed by atoms with Gasteiger partial charge in [-0.1, -0.05) is 18.2 Å². The first-order valence-corrected chi connectivity index (χ1v) is 6.65. The Kier molecular flexibility index (Phi) is 6.55. The lowest BCUT2D eigenvalue weighted by Crippen LogP contribution is -2.30. The fourth-order valence-corrected chi connectivity index (χ4v) is 2.16. The minimum Gasteiger partial charge on any atom is -0.493 e. The Balaban J connectivity index is 0.00000200. The highest BCUT2D eigenvalue weighted by molar-refractivity contribution is 5.92. The van der Waals surface area contributed by atoms with E-state index in [0.717, 1.165) is 24.3 Å². The molecule has 0 saturated carbocycles. The Morgan fingerprint density at radius 3 is 2.90 bits per heavy atom. The number of ether oxygens (including phenoxy) is 1. The van der Waals surface area contributed by atoms with Crippen molar-refractivity contribution in [2.24, 2.45) is 5.73 Å². The Bertz CT molecular complexity index is 477. The second-order valence-corrected chi connectivity index (χ2v) is 4.64. The largest absolute Gasteiger partial charge is 0.493 e. The summed E-state index contributed by atoms with van der Waals surface area (Å²) in [4.78, 5) is 13.8. The smallest absolute Gasteiger partial charge is 0.246 e. The fourth-order valence-electron chi connectivity index (χ4n) is 2.16. The van der Waals surface area contributed by atoms with Gasteiger partial charge in [-0.15, -0.1) is 12.4 Å². The second kappa shape index (κ2) is 7.92. The van der Waals surface area contributed by atoms with E-state index in [1.54, 1.807) is 17.1 Å². The van der Waals surface area contributed by atoms with Crippen molar-refractivity contribution in [1.82, 2.24) is 4.90 Å². The predicted molar refractivity (Wildman–Crippen MR) is 83.1 cm³/mol. The van der Waals surface area contributed by atoms with E-state index in [0.29, 0.717) is 13.2 Å². The van der Waals surface area contributed by atoms with Crippen LogP contribution in [0.3, 0.4) is 0 Å². The van der Waals surface area contributed by atoms with E-state index in [4.69, 9.17) is 10.5 Å². The molecule has 0 aromatic heterocycles. The molecule has 0 unspecified atom stereocenters. The van der Waals surface area contributed by atoms with Crippen LogP contribution in [0.25, 0.3) is 6.08 Å². The predicted octanol–water partition coefficient (Wildman–Crippen LogP) is 2.08. The topological polar surface area (TPSA) is 55.6 Å². The minimum absolute atomic E-state index is 0. The first-order chi connectivity index (χ1) is 9.20. The SMILES string of the molecule is CCOc1ccccc1/C=C/C(=O)N1CC[C@H](N)C1.Cl. The second-order valence-electron chi connectivity index (χ2n) is 4.64. The van der Waals surface area contributed by atoms with Gasteiger partial charge in [0.15, 0.2) is 0 Å². The van der Waals surface area contributed by atoms with Crippen LogP contribution in [0.1, 0.15) is 18.9 Å². The van der Waals surface area contributed by atoms with E-state index >= 15 is 0 Å². The Morgan fingerprint density at radius 1 is 1.50 bits per heavy atom. The summed E-state index contributed by atoms with van der Waals surface area (Å²) in [5, 5.41) is 0. The molecule has 20 heavy (non-hydrogen) atoms. The van der Waals surface area contributed by atoms with Crippen molar-refractivity contribution in [1.29, 1.82) is 0 Å². The summed E-state index contributed by atoms with van der Waals surface area (Å²) < 4.78 is 5.52. The third-order valence-corrected chi connectivity index (χ3v) is 3.16. The van der Waals surface area contributed by atoms with Gasteiger partial charge in [-0.25, -0.2) is 0 Å². The zero-order valence-electron chi connectivity index (χ0n) is 11.6. The molecule has 110 valence electrons. The van der Waals surface area contributed by atoms with Crippen LogP contribution in [-0.2, 0) is 4.79 Å². The van der Waals surface area contributed by atoms with Gasteiger partial charge in [0.2, 0.25) is 5.91 Å². The average Bonchev–Trinajstić information content (AvgIpc) is 2.84. The Hall–Kier alpha value is -1.52. The summed E-state index contributed by atoms with van der Waals surface area (Å²) in [7, 11) is 0. The quantitative estimate of drug-likeness (QED) is 0.866. The minimum atomic E-state index is 0. The van der Waals surface area contributed by atoms with E-state index in [2.05, 4.69) is 0 Å². The van der Waals surface area contributed by atoms with Gasteiger partial charge >= 0.3 is 0 Å². The molecule has 1 saturated heterocycles. The van der Waals surface area contributed by atoms with E-state index in [-0.39, 0.29) is 24.4 Å². The highest BCUT2D eigenvalue weighted by atomic mass is 35.5. The molecule has 0 spiro atoms. The fraction of sp³-hybridized carbons (Fsp3) is 0.400. The molecule has 1 aromatic rings. The summed E-state index contributed by atoms with van der Waals surface area (Å²) in [5.74, 6) is 0.812. The lowest BCUT2D eigenvalue weighted by atomic mass is 10.2. The van der Waals surface area contributed by atoms with Gasteiger partial charge in [0.05, 0.1) is 6.61 Å². The summed E-state index contributed by atoms with van der Waals surface area (Å²) in [6, 6.07) is 7.81. The number of halogens is 1. The van der Waals surface area contributed by atoms with Gasteiger partial charge in [0.25, 0.3) is 0 Å². The highest BCUT2D eigenvalue weighted by Gasteiger charge is 2.21. The van der Waals surface area contributed by atoms with Crippen molar-refractivity contribution in [3.8, 4) is 5.75 Å². The lowest BCUT2D eigenvalue weighted by molar-refractivity contribution is -0.124. The van der Waals surface area contributed by atoms with Crippen LogP contribution in [0.4, 0.5) is 0 Å². The number of carbonyl (C=O) groups excluding carboxylic acids is 1. The van der Waals surface area contributed by atoms with Gasteiger partial charge in [-0.3, -0.25) is 4.79 Å². The summed E-state index contributed by atoms with van der Waals surface area (Å²) in [6.45, 7) is 3.95. The van der Waals surface area contributed by atoms with Crippen LogP contribution in [0.15, 0.2) is 30.3 Å².